The number of hydrogen-bond acceptors (Lipinski definition) is 3. The van der Waals surface area contributed by atoms with Crippen molar-refractivity contribution < 1.29 is 4.79 Å². The second-order valence-corrected chi connectivity index (χ2v) is 5.78. The average Bonchev–Trinajstić information content (AvgIpc) is 2.72. The van der Waals surface area contributed by atoms with Crippen LogP contribution in [0.2, 0.25) is 0 Å². The minimum absolute atomic E-state index is 0.00747. The number of aryl methyl sites for hydroxylation is 1. The Morgan fingerprint density at radius 3 is 2.80 bits per heavy atom. The van der Waals surface area contributed by atoms with Crippen LogP contribution in [0.25, 0.3) is 0 Å². The summed E-state index contributed by atoms with van der Waals surface area (Å²) in [4.78, 5) is 11.4. The molecule has 2 aromatic rings. The van der Waals surface area contributed by atoms with Crippen LogP contribution < -0.4 is 16.4 Å². The van der Waals surface area contributed by atoms with Crippen LogP contribution in [0.15, 0.2) is 34.8 Å². The molecular weight excluding hydrogens is 318 g/mol. The van der Waals surface area contributed by atoms with Crippen LogP contribution in [0.4, 0.5) is 22.7 Å². The minimum Gasteiger partial charge on any atom is -0.397 e. The number of nitrogens with two attached hydrogens (primary N) is 1. The van der Waals surface area contributed by atoms with Gasteiger partial charge in [0, 0.05) is 10.2 Å². The number of halogens is 1. The van der Waals surface area contributed by atoms with Gasteiger partial charge in [-0.1, -0.05) is 6.07 Å². The van der Waals surface area contributed by atoms with Crippen molar-refractivity contribution in [1.82, 2.24) is 0 Å². The van der Waals surface area contributed by atoms with Crippen molar-refractivity contribution in [2.75, 3.05) is 16.4 Å². The van der Waals surface area contributed by atoms with Gasteiger partial charge in [-0.3, -0.25) is 4.79 Å². The maximum absolute atomic E-state index is 11.4. The van der Waals surface area contributed by atoms with E-state index in [0.717, 1.165) is 27.1 Å². The van der Waals surface area contributed by atoms with Crippen molar-refractivity contribution in [2.24, 2.45) is 0 Å². The van der Waals surface area contributed by atoms with Crippen molar-refractivity contribution in [1.29, 1.82) is 0 Å². The molecular formula is C15H14BrN3O. The molecule has 4 nitrogen and oxygen atoms in total. The molecule has 5 heteroatoms. The summed E-state index contributed by atoms with van der Waals surface area (Å²) in [6, 6.07) is 9.77. The highest BCUT2D eigenvalue weighted by atomic mass is 79.9. The number of anilines is 4. The normalized spacial score (nSPS) is 13.0. The first-order valence-corrected chi connectivity index (χ1v) is 7.07. The van der Waals surface area contributed by atoms with Gasteiger partial charge in [-0.2, -0.15) is 0 Å². The number of fused-ring (bicyclic) bond motifs is 1. The van der Waals surface area contributed by atoms with Gasteiger partial charge in [0.15, 0.2) is 0 Å². The molecule has 0 aliphatic carbocycles. The quantitative estimate of drug-likeness (QED) is 0.737. The Bertz CT molecular complexity index is 713. The predicted molar refractivity (Wildman–Crippen MR) is 85.3 cm³/mol. The second-order valence-electron chi connectivity index (χ2n) is 4.93. The smallest absolute Gasteiger partial charge is 0.228 e. The van der Waals surface area contributed by atoms with E-state index >= 15 is 0 Å². The molecule has 1 aliphatic rings. The highest BCUT2D eigenvalue weighted by Gasteiger charge is 2.19. The Morgan fingerprint density at radius 1 is 1.25 bits per heavy atom. The first kappa shape index (κ1) is 13.0. The highest BCUT2D eigenvalue weighted by molar-refractivity contribution is 9.10. The van der Waals surface area contributed by atoms with E-state index in [2.05, 4.69) is 26.6 Å². The number of hydrogen-bond donors (Lipinski definition) is 3. The Hall–Kier alpha value is -2.01. The molecule has 1 heterocycles. The Kier molecular flexibility index (Phi) is 3.14. The van der Waals surface area contributed by atoms with Gasteiger partial charge in [-0.05, 0) is 58.2 Å². The van der Waals surface area contributed by atoms with Crippen molar-refractivity contribution in [2.45, 2.75) is 13.3 Å². The molecule has 0 saturated heterocycles. The van der Waals surface area contributed by atoms with Gasteiger partial charge >= 0.3 is 0 Å². The molecule has 4 N–H and O–H groups in total. The predicted octanol–water partition coefficient (Wildman–Crippen LogP) is 3.58. The van der Waals surface area contributed by atoms with Gasteiger partial charge < -0.3 is 16.4 Å². The van der Waals surface area contributed by atoms with E-state index in [1.807, 2.05) is 37.3 Å². The lowest BCUT2D eigenvalue weighted by Crippen LogP contribution is -2.03. The zero-order valence-corrected chi connectivity index (χ0v) is 12.5. The summed E-state index contributed by atoms with van der Waals surface area (Å²) in [7, 11) is 0. The molecule has 0 radical (unpaired) electrons. The first-order chi connectivity index (χ1) is 9.52. The molecule has 1 amide bonds. The molecule has 0 fully saturated rings. The van der Waals surface area contributed by atoms with E-state index in [9.17, 15) is 4.79 Å². The molecule has 2 aromatic carbocycles. The van der Waals surface area contributed by atoms with Gasteiger partial charge in [-0.25, -0.2) is 0 Å². The third kappa shape index (κ3) is 2.36. The summed E-state index contributed by atoms with van der Waals surface area (Å²) in [6.07, 6.45) is 0.397. The standard InChI is InChI=1S/C15H14BrN3O/c1-8-2-3-12(10(16)4-8)18-14-7-13-9(5-11(14)17)6-15(20)19-13/h2-5,7,18H,6,17H2,1H3,(H,19,20). The molecule has 0 atom stereocenters. The zero-order chi connectivity index (χ0) is 14.3. The fraction of sp³-hybridized carbons (Fsp3) is 0.133. The maximum Gasteiger partial charge on any atom is 0.228 e. The topological polar surface area (TPSA) is 67.1 Å². The van der Waals surface area contributed by atoms with Crippen molar-refractivity contribution >= 4 is 44.6 Å². The number of nitrogen functional groups attached to an aromatic ring is 1. The van der Waals surface area contributed by atoms with Crippen LogP contribution in [0.3, 0.4) is 0 Å². The number of rotatable bonds is 2. The molecule has 0 saturated carbocycles. The lowest BCUT2D eigenvalue weighted by molar-refractivity contribution is -0.115. The Balaban J connectivity index is 1.95. The molecule has 0 aromatic heterocycles. The third-order valence-electron chi connectivity index (χ3n) is 3.29. The van der Waals surface area contributed by atoms with Crippen molar-refractivity contribution in [3.05, 3.63) is 45.9 Å². The summed E-state index contributed by atoms with van der Waals surface area (Å²) in [5.41, 5.74) is 11.4. The molecule has 0 unspecified atom stereocenters. The second kappa shape index (κ2) is 4.83. The lowest BCUT2D eigenvalue weighted by atomic mass is 10.1. The molecule has 20 heavy (non-hydrogen) atoms. The van der Waals surface area contributed by atoms with E-state index < -0.39 is 0 Å². The van der Waals surface area contributed by atoms with Crippen LogP contribution in [0.1, 0.15) is 11.1 Å². The first-order valence-electron chi connectivity index (χ1n) is 6.28. The molecule has 1 aliphatic heterocycles. The average molecular weight is 332 g/mol. The van der Waals surface area contributed by atoms with Gasteiger partial charge in [-0.15, -0.1) is 0 Å². The fourth-order valence-corrected chi connectivity index (χ4v) is 2.86. The van der Waals surface area contributed by atoms with E-state index in [0.29, 0.717) is 12.1 Å². The van der Waals surface area contributed by atoms with Crippen molar-refractivity contribution in [3.63, 3.8) is 0 Å². The van der Waals surface area contributed by atoms with Crippen LogP contribution >= 0.6 is 15.9 Å². The number of nitrogens with one attached hydrogen (secondary N) is 2. The SMILES string of the molecule is Cc1ccc(Nc2cc3c(cc2N)CC(=O)N3)c(Br)c1. The van der Waals surface area contributed by atoms with Gasteiger partial charge in [0.2, 0.25) is 5.91 Å². The van der Waals surface area contributed by atoms with E-state index in [-0.39, 0.29) is 5.91 Å². The minimum atomic E-state index is 0.00747. The van der Waals surface area contributed by atoms with Gasteiger partial charge in [0.25, 0.3) is 0 Å². The summed E-state index contributed by atoms with van der Waals surface area (Å²) in [5, 5.41) is 6.12. The summed E-state index contributed by atoms with van der Waals surface area (Å²) in [6.45, 7) is 2.04. The number of benzene rings is 2. The Labute approximate surface area is 125 Å². The molecule has 102 valence electrons. The number of carbonyl (C=O) groups excluding carboxylic acids is 1. The van der Waals surface area contributed by atoms with Crippen LogP contribution in [0, 0.1) is 6.92 Å². The van der Waals surface area contributed by atoms with Crippen molar-refractivity contribution in [3.8, 4) is 0 Å². The Morgan fingerprint density at radius 2 is 2.05 bits per heavy atom. The maximum atomic E-state index is 11.4. The third-order valence-corrected chi connectivity index (χ3v) is 3.95. The number of carbonyl (C=O) groups is 1. The molecule has 3 rings (SSSR count). The van der Waals surface area contributed by atoms with Crippen LogP contribution in [-0.2, 0) is 11.2 Å². The molecule has 0 spiro atoms. The summed E-state index contributed by atoms with van der Waals surface area (Å²) >= 11 is 3.53. The lowest BCUT2D eigenvalue weighted by Gasteiger charge is -2.13. The van der Waals surface area contributed by atoms with Crippen LogP contribution in [0.5, 0.6) is 0 Å². The summed E-state index contributed by atoms with van der Waals surface area (Å²) < 4.78 is 0.974. The van der Waals surface area contributed by atoms with Gasteiger partial charge in [0.1, 0.15) is 0 Å². The highest BCUT2D eigenvalue weighted by Crippen LogP contribution is 2.35. The van der Waals surface area contributed by atoms with E-state index in [1.54, 1.807) is 0 Å². The van der Waals surface area contributed by atoms with Crippen LogP contribution in [-0.4, -0.2) is 5.91 Å². The van der Waals surface area contributed by atoms with Gasteiger partial charge in [0.05, 0.1) is 23.5 Å². The number of amides is 1. The largest absolute Gasteiger partial charge is 0.397 e. The van der Waals surface area contributed by atoms with E-state index in [4.69, 9.17) is 5.73 Å². The summed E-state index contributed by atoms with van der Waals surface area (Å²) in [5.74, 6) is 0.00747. The molecule has 0 bridgehead atoms. The van der Waals surface area contributed by atoms with E-state index in [1.165, 1.54) is 5.56 Å². The fourth-order valence-electron chi connectivity index (χ4n) is 2.27. The zero-order valence-electron chi connectivity index (χ0n) is 11.0. The monoisotopic (exact) mass is 331 g/mol.